The van der Waals surface area contributed by atoms with Crippen LogP contribution in [-0.4, -0.2) is 37.1 Å². The van der Waals surface area contributed by atoms with Crippen LogP contribution in [0.3, 0.4) is 0 Å². The van der Waals surface area contributed by atoms with Crippen LogP contribution in [0.5, 0.6) is 0 Å². The molecule has 0 rings (SSSR count). The molecular formula is C13H24N2O2. The summed E-state index contributed by atoms with van der Waals surface area (Å²) in [4.78, 5) is 13.4. The number of carbonyl (C=O) groups excluding carboxylic acids is 1. The first-order chi connectivity index (χ1) is 7.95. The molecule has 0 fully saturated rings. The maximum Gasteiger partial charge on any atom is 0.320 e. The number of ether oxygens (including phenoxy) is 1. The van der Waals surface area contributed by atoms with Crippen LogP contribution in [0.25, 0.3) is 0 Å². The minimum absolute atomic E-state index is 0.185. The highest BCUT2D eigenvalue weighted by atomic mass is 16.5. The SMILES string of the molecule is CCCN(CCC(C)(C)C#N)CC(=O)OCC. The Morgan fingerprint density at radius 2 is 2.00 bits per heavy atom. The third-order valence-electron chi connectivity index (χ3n) is 2.55. The van der Waals surface area contributed by atoms with Crippen molar-refractivity contribution < 1.29 is 9.53 Å². The fourth-order valence-electron chi connectivity index (χ4n) is 1.47. The van der Waals surface area contributed by atoms with Crippen molar-refractivity contribution in [1.82, 2.24) is 4.90 Å². The van der Waals surface area contributed by atoms with Gasteiger partial charge in [0.25, 0.3) is 0 Å². The summed E-state index contributed by atoms with van der Waals surface area (Å²) < 4.78 is 4.93. The van der Waals surface area contributed by atoms with Crippen LogP contribution >= 0.6 is 0 Å². The minimum Gasteiger partial charge on any atom is -0.465 e. The molecule has 0 aliphatic rings. The van der Waals surface area contributed by atoms with Gasteiger partial charge < -0.3 is 4.74 Å². The summed E-state index contributed by atoms with van der Waals surface area (Å²) in [5.74, 6) is -0.185. The average molecular weight is 240 g/mol. The van der Waals surface area contributed by atoms with E-state index < -0.39 is 0 Å². The number of nitrogens with zero attached hydrogens (tertiary/aromatic N) is 2. The van der Waals surface area contributed by atoms with Gasteiger partial charge in [-0.2, -0.15) is 5.26 Å². The van der Waals surface area contributed by atoms with Gasteiger partial charge in [0, 0.05) is 6.54 Å². The van der Waals surface area contributed by atoms with Crippen LogP contribution in [0.1, 0.15) is 40.5 Å². The highest BCUT2D eigenvalue weighted by Crippen LogP contribution is 2.18. The molecular weight excluding hydrogens is 216 g/mol. The summed E-state index contributed by atoms with van der Waals surface area (Å²) in [5.41, 5.74) is -0.333. The van der Waals surface area contributed by atoms with E-state index in [1.165, 1.54) is 0 Å². The van der Waals surface area contributed by atoms with Crippen molar-refractivity contribution in [1.29, 1.82) is 5.26 Å². The molecule has 0 bridgehead atoms. The second kappa shape index (κ2) is 8.08. The molecule has 0 spiro atoms. The minimum atomic E-state index is -0.333. The molecule has 17 heavy (non-hydrogen) atoms. The number of hydrogen-bond donors (Lipinski definition) is 0. The van der Waals surface area contributed by atoms with E-state index in [4.69, 9.17) is 10.00 Å². The Morgan fingerprint density at radius 3 is 2.47 bits per heavy atom. The van der Waals surface area contributed by atoms with Gasteiger partial charge in [-0.15, -0.1) is 0 Å². The second-order valence-electron chi connectivity index (χ2n) is 4.83. The standard InChI is InChI=1S/C13H24N2O2/c1-5-8-15(10-12(16)17-6-2)9-7-13(3,4)11-14/h5-10H2,1-4H3. The Morgan fingerprint density at radius 1 is 1.35 bits per heavy atom. The van der Waals surface area contributed by atoms with Gasteiger partial charge in [-0.05, 0) is 40.2 Å². The summed E-state index contributed by atoms with van der Waals surface area (Å²) in [6.45, 7) is 10.1. The van der Waals surface area contributed by atoms with Gasteiger partial charge in [-0.1, -0.05) is 6.92 Å². The van der Waals surface area contributed by atoms with E-state index in [0.717, 1.165) is 25.9 Å². The second-order valence-corrected chi connectivity index (χ2v) is 4.83. The Labute approximate surface area is 105 Å². The van der Waals surface area contributed by atoms with Gasteiger partial charge in [0.2, 0.25) is 0 Å². The van der Waals surface area contributed by atoms with E-state index in [0.29, 0.717) is 13.2 Å². The molecule has 0 unspecified atom stereocenters. The molecule has 0 saturated heterocycles. The number of hydrogen-bond acceptors (Lipinski definition) is 4. The maximum atomic E-state index is 11.4. The Hall–Kier alpha value is -1.08. The first-order valence-electron chi connectivity index (χ1n) is 6.24. The highest BCUT2D eigenvalue weighted by Gasteiger charge is 2.19. The summed E-state index contributed by atoms with van der Waals surface area (Å²) in [5, 5.41) is 8.94. The van der Waals surface area contributed by atoms with Gasteiger partial charge in [-0.25, -0.2) is 0 Å². The molecule has 0 aliphatic heterocycles. The Balaban J connectivity index is 4.16. The maximum absolute atomic E-state index is 11.4. The van der Waals surface area contributed by atoms with Crippen molar-refractivity contribution in [3.63, 3.8) is 0 Å². The van der Waals surface area contributed by atoms with Crippen LogP contribution < -0.4 is 0 Å². The molecule has 98 valence electrons. The lowest BCUT2D eigenvalue weighted by Gasteiger charge is -2.24. The van der Waals surface area contributed by atoms with E-state index in [2.05, 4.69) is 17.9 Å². The van der Waals surface area contributed by atoms with Crippen molar-refractivity contribution in [3.8, 4) is 6.07 Å². The van der Waals surface area contributed by atoms with Crippen LogP contribution in [0.4, 0.5) is 0 Å². The quantitative estimate of drug-likeness (QED) is 0.610. The van der Waals surface area contributed by atoms with Crippen molar-refractivity contribution in [3.05, 3.63) is 0 Å². The summed E-state index contributed by atoms with van der Waals surface area (Å²) in [7, 11) is 0. The lowest BCUT2D eigenvalue weighted by atomic mass is 9.91. The first kappa shape index (κ1) is 15.9. The van der Waals surface area contributed by atoms with E-state index in [1.54, 1.807) is 6.92 Å². The van der Waals surface area contributed by atoms with Gasteiger partial charge in [0.15, 0.2) is 0 Å². The zero-order chi connectivity index (χ0) is 13.3. The lowest BCUT2D eigenvalue weighted by Crippen LogP contribution is -2.34. The molecule has 4 nitrogen and oxygen atoms in total. The summed E-state index contributed by atoms with van der Waals surface area (Å²) in [6.07, 6.45) is 1.76. The monoisotopic (exact) mass is 240 g/mol. The lowest BCUT2D eigenvalue weighted by molar-refractivity contribution is -0.144. The fraction of sp³-hybridized carbons (Fsp3) is 0.846. The molecule has 0 atom stereocenters. The zero-order valence-corrected chi connectivity index (χ0v) is 11.5. The number of carbonyl (C=O) groups is 1. The van der Waals surface area contributed by atoms with Gasteiger partial charge in [-0.3, -0.25) is 9.69 Å². The van der Waals surface area contributed by atoms with Crippen LogP contribution in [0.2, 0.25) is 0 Å². The highest BCUT2D eigenvalue weighted by molar-refractivity contribution is 5.71. The van der Waals surface area contributed by atoms with Gasteiger partial charge in [0.05, 0.1) is 24.6 Å². The molecule has 0 aromatic heterocycles. The summed E-state index contributed by atoms with van der Waals surface area (Å²) in [6, 6.07) is 2.27. The smallest absolute Gasteiger partial charge is 0.320 e. The molecule has 0 radical (unpaired) electrons. The van der Waals surface area contributed by atoms with E-state index in [1.807, 2.05) is 13.8 Å². The van der Waals surface area contributed by atoms with Crippen LogP contribution in [0, 0.1) is 16.7 Å². The number of esters is 1. The third-order valence-corrected chi connectivity index (χ3v) is 2.55. The molecule has 0 aliphatic carbocycles. The molecule has 0 heterocycles. The topological polar surface area (TPSA) is 53.3 Å². The number of nitriles is 1. The molecule has 0 N–H and O–H groups in total. The molecule has 0 amide bonds. The van der Waals surface area contributed by atoms with E-state index >= 15 is 0 Å². The Bertz CT molecular complexity index is 269. The van der Waals surface area contributed by atoms with Crippen molar-refractivity contribution in [2.24, 2.45) is 5.41 Å². The van der Waals surface area contributed by atoms with E-state index in [-0.39, 0.29) is 11.4 Å². The normalized spacial score (nSPS) is 11.3. The van der Waals surface area contributed by atoms with E-state index in [9.17, 15) is 4.79 Å². The van der Waals surface area contributed by atoms with Crippen molar-refractivity contribution in [2.75, 3.05) is 26.2 Å². The largest absolute Gasteiger partial charge is 0.465 e. The fourth-order valence-corrected chi connectivity index (χ4v) is 1.47. The number of rotatable bonds is 8. The van der Waals surface area contributed by atoms with Crippen molar-refractivity contribution in [2.45, 2.75) is 40.5 Å². The Kier molecular flexibility index (Phi) is 7.56. The predicted octanol–water partition coefficient (Wildman–Crippen LogP) is 2.20. The average Bonchev–Trinajstić information content (AvgIpc) is 2.27. The van der Waals surface area contributed by atoms with Gasteiger partial charge in [0.1, 0.15) is 0 Å². The van der Waals surface area contributed by atoms with Crippen LogP contribution in [0.15, 0.2) is 0 Å². The van der Waals surface area contributed by atoms with Crippen molar-refractivity contribution >= 4 is 5.97 Å². The molecule has 4 heteroatoms. The summed E-state index contributed by atoms with van der Waals surface area (Å²) >= 11 is 0. The molecule has 0 aromatic carbocycles. The van der Waals surface area contributed by atoms with Gasteiger partial charge >= 0.3 is 5.97 Å². The molecule has 0 saturated carbocycles. The zero-order valence-electron chi connectivity index (χ0n) is 11.5. The predicted molar refractivity (Wildman–Crippen MR) is 67.4 cm³/mol. The first-order valence-corrected chi connectivity index (χ1v) is 6.24. The third kappa shape index (κ3) is 7.76. The van der Waals surface area contributed by atoms with Crippen LogP contribution in [-0.2, 0) is 9.53 Å². The molecule has 0 aromatic rings.